The number of non-ortho nitro benzene ring substituents is 1. The van der Waals surface area contributed by atoms with Crippen molar-refractivity contribution in [2.45, 2.75) is 11.9 Å². The molecule has 2 heterocycles. The first kappa shape index (κ1) is 18.3. The van der Waals surface area contributed by atoms with Gasteiger partial charge in [0.05, 0.1) is 26.4 Å². The Balaban J connectivity index is 1.48. The molecule has 2 aromatic heterocycles. The van der Waals surface area contributed by atoms with Crippen molar-refractivity contribution < 1.29 is 9.72 Å². The van der Waals surface area contributed by atoms with Crippen molar-refractivity contribution >= 4 is 60.9 Å². The van der Waals surface area contributed by atoms with Crippen LogP contribution in [0.3, 0.4) is 0 Å². The zero-order chi connectivity index (χ0) is 19.7. The smallest absolute Gasteiger partial charge is 0.270 e. The maximum atomic E-state index is 12.3. The van der Waals surface area contributed by atoms with Crippen molar-refractivity contribution in [3.8, 4) is 0 Å². The second-order valence-corrected chi connectivity index (χ2v) is 7.85. The SMILES string of the molecule is Cc1nc(SCC(=O)Nc2nc3ccc([N+](=O)[O-])cc3s2)c2ccccc2n1. The van der Waals surface area contributed by atoms with Gasteiger partial charge >= 0.3 is 0 Å². The Kier molecular flexibility index (Phi) is 4.88. The number of benzene rings is 2. The number of thiazole rings is 1. The van der Waals surface area contributed by atoms with Crippen LogP contribution in [0.2, 0.25) is 0 Å². The van der Waals surface area contributed by atoms with E-state index in [1.54, 1.807) is 6.07 Å². The Morgan fingerprint density at radius 1 is 1.18 bits per heavy atom. The van der Waals surface area contributed by atoms with Crippen LogP contribution in [0.1, 0.15) is 5.82 Å². The Labute approximate surface area is 167 Å². The number of para-hydroxylation sites is 1. The zero-order valence-electron chi connectivity index (χ0n) is 14.6. The Hall–Kier alpha value is -3.11. The molecule has 0 spiro atoms. The summed E-state index contributed by atoms with van der Waals surface area (Å²) >= 11 is 2.53. The van der Waals surface area contributed by atoms with E-state index >= 15 is 0 Å². The van der Waals surface area contributed by atoms with E-state index in [1.165, 1.54) is 35.2 Å². The van der Waals surface area contributed by atoms with Gasteiger partial charge in [0, 0.05) is 17.5 Å². The molecule has 0 aliphatic carbocycles. The fraction of sp³-hybridized carbons (Fsp3) is 0.111. The maximum Gasteiger partial charge on any atom is 0.270 e. The highest BCUT2D eigenvalue weighted by Gasteiger charge is 2.13. The molecule has 0 saturated carbocycles. The molecule has 1 N–H and O–H groups in total. The predicted octanol–water partition coefficient (Wildman–Crippen LogP) is 4.19. The second-order valence-electron chi connectivity index (χ2n) is 5.86. The van der Waals surface area contributed by atoms with E-state index < -0.39 is 4.92 Å². The predicted molar refractivity (Wildman–Crippen MR) is 110 cm³/mol. The number of nitro benzene ring substituents is 1. The summed E-state index contributed by atoms with van der Waals surface area (Å²) < 4.78 is 0.648. The van der Waals surface area contributed by atoms with Crippen LogP contribution in [0.15, 0.2) is 47.5 Å². The van der Waals surface area contributed by atoms with Crippen LogP contribution < -0.4 is 5.32 Å². The molecule has 0 unspecified atom stereocenters. The van der Waals surface area contributed by atoms with E-state index in [4.69, 9.17) is 0 Å². The van der Waals surface area contributed by atoms with Gasteiger partial charge in [-0.3, -0.25) is 14.9 Å². The minimum Gasteiger partial charge on any atom is -0.301 e. The Morgan fingerprint density at radius 3 is 2.82 bits per heavy atom. The van der Waals surface area contributed by atoms with Gasteiger partial charge in [-0.2, -0.15) is 0 Å². The van der Waals surface area contributed by atoms with Gasteiger partial charge in [0.25, 0.3) is 5.69 Å². The highest BCUT2D eigenvalue weighted by molar-refractivity contribution is 8.00. The lowest BCUT2D eigenvalue weighted by molar-refractivity contribution is -0.384. The molecule has 10 heteroatoms. The monoisotopic (exact) mass is 411 g/mol. The molecular formula is C18H13N5O3S2. The molecule has 0 aliphatic rings. The quantitative estimate of drug-likeness (QED) is 0.227. The van der Waals surface area contributed by atoms with E-state index in [0.29, 0.717) is 21.2 Å². The molecule has 1 amide bonds. The number of aromatic nitrogens is 3. The molecule has 0 saturated heterocycles. The summed E-state index contributed by atoms with van der Waals surface area (Å²) in [6.45, 7) is 1.82. The summed E-state index contributed by atoms with van der Waals surface area (Å²) in [4.78, 5) is 35.9. The topological polar surface area (TPSA) is 111 Å². The summed E-state index contributed by atoms with van der Waals surface area (Å²) in [5.41, 5.74) is 1.44. The average molecular weight is 411 g/mol. The van der Waals surface area contributed by atoms with E-state index in [9.17, 15) is 14.9 Å². The number of fused-ring (bicyclic) bond motifs is 2. The number of carbonyl (C=O) groups excluding carboxylic acids is 1. The van der Waals surface area contributed by atoms with Gasteiger partial charge in [0.2, 0.25) is 5.91 Å². The van der Waals surface area contributed by atoms with E-state index in [0.717, 1.165) is 15.9 Å². The minimum atomic E-state index is -0.456. The Bertz CT molecular complexity index is 1220. The van der Waals surface area contributed by atoms with Crippen LogP contribution in [-0.2, 0) is 4.79 Å². The zero-order valence-corrected chi connectivity index (χ0v) is 16.2. The molecule has 4 aromatic rings. The van der Waals surface area contributed by atoms with Crippen LogP contribution in [0.5, 0.6) is 0 Å². The molecule has 0 atom stereocenters. The molecule has 0 aliphatic heterocycles. The number of amides is 1. The van der Waals surface area contributed by atoms with Crippen LogP contribution in [0.4, 0.5) is 10.8 Å². The molecule has 8 nitrogen and oxygen atoms in total. The second kappa shape index (κ2) is 7.49. The van der Waals surface area contributed by atoms with Crippen molar-refractivity contribution in [2.75, 3.05) is 11.1 Å². The van der Waals surface area contributed by atoms with Gasteiger partial charge in [-0.25, -0.2) is 15.0 Å². The van der Waals surface area contributed by atoms with Gasteiger partial charge in [-0.05, 0) is 19.1 Å². The third-order valence-corrected chi connectivity index (χ3v) is 5.77. The van der Waals surface area contributed by atoms with Gasteiger partial charge in [-0.15, -0.1) is 0 Å². The van der Waals surface area contributed by atoms with Crippen molar-refractivity contribution in [1.82, 2.24) is 15.0 Å². The van der Waals surface area contributed by atoms with E-state index in [1.807, 2.05) is 31.2 Å². The third kappa shape index (κ3) is 3.78. The summed E-state index contributed by atoms with van der Waals surface area (Å²) in [5, 5.41) is 15.7. The number of nitro groups is 1. The van der Waals surface area contributed by atoms with Crippen LogP contribution in [-0.4, -0.2) is 31.5 Å². The van der Waals surface area contributed by atoms with E-state index in [-0.39, 0.29) is 17.3 Å². The number of nitrogens with one attached hydrogen (secondary N) is 1. The number of anilines is 1. The third-order valence-electron chi connectivity index (χ3n) is 3.85. The summed E-state index contributed by atoms with van der Waals surface area (Å²) in [5.74, 6) is 0.588. The maximum absolute atomic E-state index is 12.3. The van der Waals surface area contributed by atoms with Crippen molar-refractivity contribution in [3.05, 3.63) is 58.4 Å². The van der Waals surface area contributed by atoms with Gasteiger partial charge in [0.15, 0.2) is 5.13 Å². The number of aryl methyl sites for hydroxylation is 1. The summed E-state index contributed by atoms with van der Waals surface area (Å²) in [6.07, 6.45) is 0. The average Bonchev–Trinajstić information content (AvgIpc) is 3.07. The minimum absolute atomic E-state index is 0.00408. The number of thioether (sulfide) groups is 1. The molecule has 4 rings (SSSR count). The normalized spacial score (nSPS) is 11.0. The largest absolute Gasteiger partial charge is 0.301 e. The first-order chi connectivity index (χ1) is 13.5. The highest BCUT2D eigenvalue weighted by Crippen LogP contribution is 2.30. The number of nitrogens with zero attached hydrogens (tertiary/aromatic N) is 4. The van der Waals surface area contributed by atoms with Crippen LogP contribution in [0, 0.1) is 17.0 Å². The molecule has 0 radical (unpaired) electrons. The van der Waals surface area contributed by atoms with Crippen molar-refractivity contribution in [3.63, 3.8) is 0 Å². The fourth-order valence-electron chi connectivity index (χ4n) is 2.64. The first-order valence-corrected chi connectivity index (χ1v) is 10.0. The lowest BCUT2D eigenvalue weighted by Crippen LogP contribution is -2.14. The fourth-order valence-corrected chi connectivity index (χ4v) is 4.42. The summed E-state index contributed by atoms with van der Waals surface area (Å²) in [7, 11) is 0. The first-order valence-electron chi connectivity index (χ1n) is 8.20. The molecule has 28 heavy (non-hydrogen) atoms. The lowest BCUT2D eigenvalue weighted by Gasteiger charge is -2.06. The highest BCUT2D eigenvalue weighted by atomic mass is 32.2. The molecule has 0 fully saturated rings. The van der Waals surface area contributed by atoms with Gasteiger partial charge < -0.3 is 5.32 Å². The molecule has 140 valence electrons. The van der Waals surface area contributed by atoms with Gasteiger partial charge in [0.1, 0.15) is 10.9 Å². The standard InChI is InChI=1S/C18H13N5O3S2/c1-10-19-13-5-3-2-4-12(13)17(20-10)27-9-16(24)22-18-21-14-7-6-11(23(25)26)8-15(14)28-18/h2-8H,9H2,1H3,(H,21,22,24). The lowest BCUT2D eigenvalue weighted by atomic mass is 10.2. The number of carbonyl (C=O) groups is 1. The van der Waals surface area contributed by atoms with Gasteiger partial charge in [-0.1, -0.05) is 41.3 Å². The number of hydrogen-bond donors (Lipinski definition) is 1. The van der Waals surface area contributed by atoms with Crippen LogP contribution in [0.25, 0.3) is 21.1 Å². The number of rotatable bonds is 5. The Morgan fingerprint density at radius 2 is 2.00 bits per heavy atom. The van der Waals surface area contributed by atoms with Crippen molar-refractivity contribution in [2.24, 2.45) is 0 Å². The van der Waals surface area contributed by atoms with Crippen LogP contribution >= 0.6 is 23.1 Å². The molecule has 0 bridgehead atoms. The van der Waals surface area contributed by atoms with E-state index in [2.05, 4.69) is 20.3 Å². The molecule has 2 aromatic carbocycles. The summed E-state index contributed by atoms with van der Waals surface area (Å²) in [6, 6.07) is 12.1. The number of hydrogen-bond acceptors (Lipinski definition) is 8. The van der Waals surface area contributed by atoms with Crippen molar-refractivity contribution in [1.29, 1.82) is 0 Å². The molecular weight excluding hydrogens is 398 g/mol.